The van der Waals surface area contributed by atoms with Crippen molar-refractivity contribution in [2.24, 2.45) is 0 Å². The Morgan fingerprint density at radius 1 is 1.19 bits per heavy atom. The first kappa shape index (κ1) is 10.7. The second-order valence-corrected chi connectivity index (χ2v) is 8.07. The van der Waals surface area contributed by atoms with E-state index in [4.69, 9.17) is 0 Å². The Labute approximate surface area is 105 Å². The van der Waals surface area contributed by atoms with Crippen molar-refractivity contribution < 1.29 is 0 Å². The SMILES string of the molecule is CN(C)Cc1ccc2cccc3c2c1S[Se]3. The van der Waals surface area contributed by atoms with Gasteiger partial charge in [0, 0.05) is 0 Å². The van der Waals surface area contributed by atoms with E-state index in [1.165, 1.54) is 21.2 Å². The second-order valence-electron chi connectivity index (χ2n) is 4.31. The normalized spacial score (nSPS) is 13.9. The van der Waals surface area contributed by atoms with E-state index in [1.54, 1.807) is 4.46 Å². The van der Waals surface area contributed by atoms with Gasteiger partial charge in [-0.1, -0.05) is 0 Å². The zero-order chi connectivity index (χ0) is 11.1. The molecule has 16 heavy (non-hydrogen) atoms. The Kier molecular flexibility index (Phi) is 2.72. The molecule has 0 fully saturated rings. The Balaban J connectivity index is 2.22. The molecule has 0 aromatic heterocycles. The van der Waals surface area contributed by atoms with Gasteiger partial charge in [0.05, 0.1) is 0 Å². The van der Waals surface area contributed by atoms with E-state index in [0.717, 1.165) is 6.54 Å². The molecule has 0 saturated carbocycles. The van der Waals surface area contributed by atoms with E-state index in [0.29, 0.717) is 13.8 Å². The molecule has 2 aromatic carbocycles. The summed E-state index contributed by atoms with van der Waals surface area (Å²) in [6.45, 7) is 1.04. The van der Waals surface area contributed by atoms with Gasteiger partial charge in [0.1, 0.15) is 0 Å². The van der Waals surface area contributed by atoms with Crippen LogP contribution in [0, 0.1) is 0 Å². The van der Waals surface area contributed by atoms with Crippen LogP contribution in [0.3, 0.4) is 0 Å². The molecule has 1 nitrogen and oxygen atoms in total. The summed E-state index contributed by atoms with van der Waals surface area (Å²) >= 11 is 0.574. The van der Waals surface area contributed by atoms with Crippen LogP contribution in [-0.2, 0) is 6.54 Å². The molecular formula is C13H13NSSe. The number of nitrogens with zero attached hydrogens (tertiary/aromatic N) is 1. The Morgan fingerprint density at radius 3 is 2.88 bits per heavy atom. The first-order chi connectivity index (χ1) is 7.75. The van der Waals surface area contributed by atoms with E-state index in [-0.39, 0.29) is 0 Å². The maximum absolute atomic E-state index is 2.29. The minimum absolute atomic E-state index is 0.574. The molecule has 0 unspecified atom stereocenters. The molecule has 0 radical (unpaired) electrons. The van der Waals surface area contributed by atoms with Crippen LogP contribution in [-0.4, -0.2) is 32.8 Å². The zero-order valence-corrected chi connectivity index (χ0v) is 11.9. The summed E-state index contributed by atoms with van der Waals surface area (Å²) in [4.78, 5) is 3.77. The Bertz CT molecular complexity index is 551. The van der Waals surface area contributed by atoms with E-state index < -0.39 is 0 Å². The Morgan fingerprint density at radius 2 is 2.06 bits per heavy atom. The summed E-state index contributed by atoms with van der Waals surface area (Å²) in [5.74, 6) is 0. The van der Waals surface area contributed by atoms with E-state index in [1.807, 2.05) is 0 Å². The fourth-order valence-electron chi connectivity index (χ4n) is 2.07. The van der Waals surface area contributed by atoms with Crippen molar-refractivity contribution in [1.82, 2.24) is 4.90 Å². The van der Waals surface area contributed by atoms with Crippen molar-refractivity contribution in [3.63, 3.8) is 0 Å². The predicted octanol–water partition coefficient (Wildman–Crippen LogP) is 2.25. The molecule has 82 valence electrons. The number of rotatable bonds is 2. The van der Waals surface area contributed by atoms with Gasteiger partial charge in [0.15, 0.2) is 0 Å². The molecule has 0 atom stereocenters. The molecule has 0 spiro atoms. The van der Waals surface area contributed by atoms with Gasteiger partial charge >= 0.3 is 106 Å². The molecule has 1 heterocycles. The van der Waals surface area contributed by atoms with Gasteiger partial charge in [-0.3, -0.25) is 0 Å². The third-order valence-electron chi connectivity index (χ3n) is 2.74. The van der Waals surface area contributed by atoms with Crippen molar-refractivity contribution in [3.05, 3.63) is 35.9 Å². The molecule has 0 amide bonds. The molecule has 0 bridgehead atoms. The number of hydrogen-bond acceptors (Lipinski definition) is 2. The van der Waals surface area contributed by atoms with Crippen molar-refractivity contribution in [2.75, 3.05) is 14.1 Å². The number of benzene rings is 2. The molecule has 0 N–H and O–H groups in total. The fraction of sp³-hybridized carbons (Fsp3) is 0.231. The Hall–Kier alpha value is -0.471. The quantitative estimate of drug-likeness (QED) is 0.782. The van der Waals surface area contributed by atoms with Gasteiger partial charge in [-0.15, -0.1) is 0 Å². The van der Waals surface area contributed by atoms with Gasteiger partial charge in [-0.25, -0.2) is 0 Å². The van der Waals surface area contributed by atoms with Gasteiger partial charge in [0.25, 0.3) is 0 Å². The summed E-state index contributed by atoms with van der Waals surface area (Å²) < 4.78 is 1.56. The van der Waals surface area contributed by atoms with E-state index in [2.05, 4.69) is 59.5 Å². The van der Waals surface area contributed by atoms with Crippen molar-refractivity contribution in [3.8, 4) is 0 Å². The zero-order valence-electron chi connectivity index (χ0n) is 9.36. The molecule has 3 heteroatoms. The topological polar surface area (TPSA) is 3.24 Å². The van der Waals surface area contributed by atoms with Crippen LogP contribution >= 0.6 is 10.2 Å². The summed E-state index contributed by atoms with van der Waals surface area (Å²) in [6, 6.07) is 11.2. The van der Waals surface area contributed by atoms with Crippen molar-refractivity contribution >= 4 is 39.3 Å². The summed E-state index contributed by atoms with van der Waals surface area (Å²) in [5.41, 5.74) is 1.48. The average molecular weight is 294 g/mol. The monoisotopic (exact) mass is 295 g/mol. The molecule has 0 saturated heterocycles. The van der Waals surface area contributed by atoms with Crippen LogP contribution in [0.15, 0.2) is 35.2 Å². The maximum atomic E-state index is 2.29. The number of hydrogen-bond donors (Lipinski definition) is 0. The summed E-state index contributed by atoms with van der Waals surface area (Å²) in [6.07, 6.45) is 0. The molecule has 2 aromatic rings. The third-order valence-corrected chi connectivity index (χ3v) is 7.06. The fourth-order valence-corrected chi connectivity index (χ4v) is 6.87. The summed E-state index contributed by atoms with van der Waals surface area (Å²) in [5, 5.41) is 2.92. The first-order valence-electron chi connectivity index (χ1n) is 5.29. The second kappa shape index (κ2) is 4.08. The minimum atomic E-state index is 0.574. The van der Waals surface area contributed by atoms with Crippen LogP contribution < -0.4 is 4.46 Å². The van der Waals surface area contributed by atoms with Crippen LogP contribution in [0.2, 0.25) is 0 Å². The van der Waals surface area contributed by atoms with Crippen molar-refractivity contribution in [1.29, 1.82) is 0 Å². The van der Waals surface area contributed by atoms with E-state index >= 15 is 0 Å². The third kappa shape index (κ3) is 1.68. The average Bonchev–Trinajstić information content (AvgIpc) is 2.68. The molecule has 0 aliphatic carbocycles. The van der Waals surface area contributed by atoms with E-state index in [9.17, 15) is 0 Å². The van der Waals surface area contributed by atoms with Crippen LogP contribution in [0.25, 0.3) is 10.8 Å². The molecule has 1 aliphatic heterocycles. The summed E-state index contributed by atoms with van der Waals surface area (Å²) in [7, 11) is 6.32. The first-order valence-corrected chi connectivity index (χ1v) is 8.99. The van der Waals surface area contributed by atoms with Gasteiger partial charge in [0.2, 0.25) is 0 Å². The van der Waals surface area contributed by atoms with Crippen molar-refractivity contribution in [2.45, 2.75) is 11.4 Å². The molecule has 1 aliphatic rings. The molecule has 3 rings (SSSR count). The predicted molar refractivity (Wildman–Crippen MR) is 72.6 cm³/mol. The van der Waals surface area contributed by atoms with Gasteiger partial charge < -0.3 is 0 Å². The van der Waals surface area contributed by atoms with Gasteiger partial charge in [-0.05, 0) is 0 Å². The van der Waals surface area contributed by atoms with Crippen LogP contribution in [0.1, 0.15) is 5.56 Å². The standard InChI is InChI=1S/C13H13NSSe/c1-14(2)8-10-7-6-9-4-3-5-11-12(9)13(10)15-16-11/h3-7H,8H2,1-2H3. The van der Waals surface area contributed by atoms with Crippen LogP contribution in [0.4, 0.5) is 0 Å². The van der Waals surface area contributed by atoms with Gasteiger partial charge in [-0.2, -0.15) is 0 Å². The van der Waals surface area contributed by atoms with Crippen LogP contribution in [0.5, 0.6) is 0 Å². The molecular weight excluding hydrogens is 281 g/mol.